The minimum Gasteiger partial charge on any atom is -0.302 e. The van der Waals surface area contributed by atoms with Gasteiger partial charge in [-0.05, 0) is 45.1 Å². The predicted molar refractivity (Wildman–Crippen MR) is 79.0 cm³/mol. The van der Waals surface area contributed by atoms with Crippen LogP contribution < -0.4 is 0 Å². The van der Waals surface area contributed by atoms with E-state index >= 15 is 0 Å². The second-order valence-corrected chi connectivity index (χ2v) is 5.66. The Morgan fingerprint density at radius 3 is 2.79 bits per heavy atom. The Morgan fingerprint density at radius 2 is 2.11 bits per heavy atom. The maximum absolute atomic E-state index is 12.1. The molecule has 1 aliphatic rings. The van der Waals surface area contributed by atoms with Gasteiger partial charge in [0, 0.05) is 23.7 Å². The Hall–Kier alpha value is -0.900. The molecule has 2 rings (SSSR count). The van der Waals surface area contributed by atoms with E-state index in [9.17, 15) is 4.79 Å². The van der Waals surface area contributed by atoms with Crippen LogP contribution in [0, 0.1) is 0 Å². The fourth-order valence-electron chi connectivity index (χ4n) is 2.40. The standard InChI is InChI=1S/C15H21ClN2O/c1-17(9-10-18-7-2-3-8-18)12-15(19)13-5-4-6-14(16)11-13/h4-6,11H,2-3,7-10,12H2,1H3. The van der Waals surface area contributed by atoms with E-state index in [-0.39, 0.29) is 5.78 Å². The first-order valence-corrected chi connectivity index (χ1v) is 7.22. The quantitative estimate of drug-likeness (QED) is 0.748. The summed E-state index contributed by atoms with van der Waals surface area (Å²) < 4.78 is 0. The molecule has 0 aliphatic carbocycles. The van der Waals surface area contributed by atoms with Crippen LogP contribution in [-0.2, 0) is 0 Å². The third-order valence-electron chi connectivity index (χ3n) is 3.56. The van der Waals surface area contributed by atoms with E-state index in [0.717, 1.165) is 13.1 Å². The van der Waals surface area contributed by atoms with Crippen molar-refractivity contribution < 1.29 is 4.79 Å². The lowest BCUT2D eigenvalue weighted by atomic mass is 10.1. The number of hydrogen-bond acceptors (Lipinski definition) is 3. The molecular formula is C15H21ClN2O. The van der Waals surface area contributed by atoms with Crippen molar-refractivity contribution >= 4 is 17.4 Å². The van der Waals surface area contributed by atoms with Crippen molar-refractivity contribution in [3.05, 3.63) is 34.9 Å². The molecule has 19 heavy (non-hydrogen) atoms. The van der Waals surface area contributed by atoms with Gasteiger partial charge >= 0.3 is 0 Å². The molecule has 1 aromatic carbocycles. The van der Waals surface area contributed by atoms with Crippen LogP contribution in [0.4, 0.5) is 0 Å². The third-order valence-corrected chi connectivity index (χ3v) is 3.79. The smallest absolute Gasteiger partial charge is 0.176 e. The molecule has 1 heterocycles. The zero-order valence-electron chi connectivity index (χ0n) is 11.4. The maximum atomic E-state index is 12.1. The number of nitrogens with zero attached hydrogens (tertiary/aromatic N) is 2. The summed E-state index contributed by atoms with van der Waals surface area (Å²) in [6, 6.07) is 7.16. The molecule has 0 saturated carbocycles. The van der Waals surface area contributed by atoms with E-state index < -0.39 is 0 Å². The molecule has 0 atom stereocenters. The highest BCUT2D eigenvalue weighted by molar-refractivity contribution is 6.31. The van der Waals surface area contributed by atoms with Gasteiger partial charge in [0.05, 0.1) is 6.54 Å². The lowest BCUT2D eigenvalue weighted by Gasteiger charge is -2.20. The first-order chi connectivity index (χ1) is 9.15. The molecule has 1 fully saturated rings. The predicted octanol–water partition coefficient (Wildman–Crippen LogP) is 2.55. The summed E-state index contributed by atoms with van der Waals surface area (Å²) in [5.74, 6) is 0.131. The Labute approximate surface area is 120 Å². The molecule has 0 aromatic heterocycles. The number of likely N-dealkylation sites (tertiary alicyclic amines) is 1. The van der Waals surface area contributed by atoms with Crippen LogP contribution in [0.15, 0.2) is 24.3 Å². The van der Waals surface area contributed by atoms with Gasteiger partial charge in [0.15, 0.2) is 5.78 Å². The number of likely N-dealkylation sites (N-methyl/N-ethyl adjacent to an activating group) is 1. The van der Waals surface area contributed by atoms with E-state index in [1.165, 1.54) is 25.9 Å². The summed E-state index contributed by atoms with van der Waals surface area (Å²) in [5.41, 5.74) is 0.695. The summed E-state index contributed by atoms with van der Waals surface area (Å²) >= 11 is 5.90. The molecule has 0 unspecified atom stereocenters. The molecule has 1 aliphatic heterocycles. The van der Waals surface area contributed by atoms with Gasteiger partial charge in [0.2, 0.25) is 0 Å². The number of benzene rings is 1. The van der Waals surface area contributed by atoms with Gasteiger partial charge in [0.25, 0.3) is 0 Å². The molecule has 0 N–H and O–H groups in total. The Morgan fingerprint density at radius 1 is 1.37 bits per heavy atom. The highest BCUT2D eigenvalue weighted by atomic mass is 35.5. The zero-order chi connectivity index (χ0) is 13.7. The highest BCUT2D eigenvalue weighted by Crippen LogP contribution is 2.11. The average Bonchev–Trinajstić information content (AvgIpc) is 2.89. The van der Waals surface area contributed by atoms with Gasteiger partial charge < -0.3 is 4.90 Å². The molecule has 0 bridgehead atoms. The normalized spacial score (nSPS) is 16.2. The topological polar surface area (TPSA) is 23.6 Å². The number of carbonyl (C=O) groups is 1. The van der Waals surface area contributed by atoms with Gasteiger partial charge in [-0.3, -0.25) is 9.69 Å². The molecule has 0 amide bonds. The second-order valence-electron chi connectivity index (χ2n) is 5.22. The first kappa shape index (κ1) is 14.5. The van der Waals surface area contributed by atoms with Gasteiger partial charge in [-0.15, -0.1) is 0 Å². The van der Waals surface area contributed by atoms with Crippen LogP contribution in [0.25, 0.3) is 0 Å². The van der Waals surface area contributed by atoms with Crippen molar-refractivity contribution in [1.29, 1.82) is 0 Å². The van der Waals surface area contributed by atoms with E-state index in [1.807, 2.05) is 19.2 Å². The molecule has 3 nitrogen and oxygen atoms in total. The molecule has 0 radical (unpaired) electrons. The van der Waals surface area contributed by atoms with Crippen LogP contribution in [0.2, 0.25) is 5.02 Å². The van der Waals surface area contributed by atoms with Crippen molar-refractivity contribution in [2.24, 2.45) is 0 Å². The molecule has 1 aromatic rings. The first-order valence-electron chi connectivity index (χ1n) is 6.85. The lowest BCUT2D eigenvalue weighted by molar-refractivity contribution is 0.0941. The fraction of sp³-hybridized carbons (Fsp3) is 0.533. The Kier molecular flexibility index (Phi) is 5.37. The van der Waals surface area contributed by atoms with Gasteiger partial charge in [-0.1, -0.05) is 23.7 Å². The van der Waals surface area contributed by atoms with E-state index in [2.05, 4.69) is 9.80 Å². The summed E-state index contributed by atoms with van der Waals surface area (Å²) in [6.45, 7) is 4.85. The molecule has 0 spiro atoms. The van der Waals surface area contributed by atoms with E-state index in [1.54, 1.807) is 12.1 Å². The monoisotopic (exact) mass is 280 g/mol. The second kappa shape index (κ2) is 7.04. The summed E-state index contributed by atoms with van der Waals surface area (Å²) in [6.07, 6.45) is 2.62. The summed E-state index contributed by atoms with van der Waals surface area (Å²) in [7, 11) is 2.00. The SMILES string of the molecule is CN(CCN1CCCC1)CC(=O)c1cccc(Cl)c1. The van der Waals surface area contributed by atoms with E-state index in [0.29, 0.717) is 17.1 Å². The van der Waals surface area contributed by atoms with Gasteiger partial charge in [-0.2, -0.15) is 0 Å². The number of hydrogen-bond donors (Lipinski definition) is 0. The minimum absolute atomic E-state index is 0.131. The maximum Gasteiger partial charge on any atom is 0.176 e. The Balaban J connectivity index is 1.77. The van der Waals surface area contributed by atoms with Crippen molar-refractivity contribution in [3.63, 3.8) is 0 Å². The average molecular weight is 281 g/mol. The van der Waals surface area contributed by atoms with Crippen molar-refractivity contribution in [3.8, 4) is 0 Å². The zero-order valence-corrected chi connectivity index (χ0v) is 12.2. The van der Waals surface area contributed by atoms with Crippen LogP contribution in [-0.4, -0.2) is 55.4 Å². The molecular weight excluding hydrogens is 260 g/mol. The third kappa shape index (κ3) is 4.60. The number of carbonyl (C=O) groups excluding carboxylic acids is 1. The number of Topliss-reactive ketones (excluding diaryl/α,β-unsaturated/α-hetero) is 1. The van der Waals surface area contributed by atoms with E-state index in [4.69, 9.17) is 11.6 Å². The summed E-state index contributed by atoms with van der Waals surface area (Å²) in [5, 5.41) is 0.616. The van der Waals surface area contributed by atoms with Crippen LogP contribution in [0.3, 0.4) is 0 Å². The van der Waals surface area contributed by atoms with Gasteiger partial charge in [0.1, 0.15) is 0 Å². The fourth-order valence-corrected chi connectivity index (χ4v) is 2.59. The van der Waals surface area contributed by atoms with Crippen LogP contribution in [0.1, 0.15) is 23.2 Å². The molecule has 104 valence electrons. The highest BCUT2D eigenvalue weighted by Gasteiger charge is 2.13. The largest absolute Gasteiger partial charge is 0.302 e. The number of ketones is 1. The van der Waals surface area contributed by atoms with Crippen molar-refractivity contribution in [1.82, 2.24) is 9.80 Å². The minimum atomic E-state index is 0.131. The Bertz CT molecular complexity index is 430. The van der Waals surface area contributed by atoms with Gasteiger partial charge in [-0.25, -0.2) is 0 Å². The number of halogens is 1. The van der Waals surface area contributed by atoms with Crippen LogP contribution in [0.5, 0.6) is 0 Å². The van der Waals surface area contributed by atoms with Crippen molar-refractivity contribution in [2.75, 3.05) is 39.8 Å². The lowest BCUT2D eigenvalue weighted by Crippen LogP contribution is -2.34. The summed E-state index contributed by atoms with van der Waals surface area (Å²) in [4.78, 5) is 16.6. The molecule has 1 saturated heterocycles. The van der Waals surface area contributed by atoms with Crippen LogP contribution >= 0.6 is 11.6 Å². The molecule has 4 heteroatoms. The number of rotatable bonds is 6. The van der Waals surface area contributed by atoms with Crippen molar-refractivity contribution in [2.45, 2.75) is 12.8 Å².